The van der Waals surface area contributed by atoms with E-state index >= 15 is 0 Å². The number of pyridine rings is 1. The Hall–Kier alpha value is -5.29. The van der Waals surface area contributed by atoms with Gasteiger partial charge in [0, 0.05) is 24.3 Å². The van der Waals surface area contributed by atoms with E-state index in [4.69, 9.17) is 20.5 Å². The van der Waals surface area contributed by atoms with Crippen LogP contribution < -0.4 is 15.6 Å². The first-order valence-corrected chi connectivity index (χ1v) is 16.8. The number of likely N-dealkylation sites (tertiary alicyclic amines) is 1. The van der Waals surface area contributed by atoms with E-state index in [0.717, 1.165) is 10.8 Å². The highest BCUT2D eigenvalue weighted by atomic mass is 32.2. The number of nitrogens with zero attached hydrogens (tertiary/aromatic N) is 3. The van der Waals surface area contributed by atoms with Crippen molar-refractivity contribution in [3.8, 4) is 5.75 Å². The molecule has 0 aliphatic carbocycles. The summed E-state index contributed by atoms with van der Waals surface area (Å²) in [5, 5.41) is 19.5. The van der Waals surface area contributed by atoms with Crippen molar-refractivity contribution in [2.24, 2.45) is 11.8 Å². The number of carbonyl (C=O) groups excluding carboxylic acids is 1. The maximum absolute atomic E-state index is 14.7. The first-order chi connectivity index (χ1) is 23.9. The van der Waals surface area contributed by atoms with E-state index in [-0.39, 0.29) is 29.2 Å². The minimum atomic E-state index is -5.08. The van der Waals surface area contributed by atoms with E-state index in [0.29, 0.717) is 11.3 Å². The van der Waals surface area contributed by atoms with E-state index in [1.54, 1.807) is 68.7 Å². The zero-order valence-corrected chi connectivity index (χ0v) is 28.2. The Morgan fingerprint density at radius 2 is 1.69 bits per heavy atom. The normalized spacial score (nSPS) is 16.7. The molecule has 3 atom stereocenters. The lowest BCUT2D eigenvalue weighted by atomic mass is 9.93. The molecule has 4 aromatic rings. The van der Waals surface area contributed by atoms with Gasteiger partial charge in [-0.15, -0.1) is 0 Å². The van der Waals surface area contributed by atoms with Crippen LogP contribution in [0.25, 0.3) is 10.8 Å². The molecule has 3 aromatic carbocycles. The number of methoxy groups -OCH3 is 1. The molecule has 272 valence electrons. The molecular weight excluding hydrogens is 700 g/mol. The van der Waals surface area contributed by atoms with Gasteiger partial charge in [-0.2, -0.15) is 13.2 Å². The summed E-state index contributed by atoms with van der Waals surface area (Å²) in [5.74, 6) is 0.386. The molecule has 2 unspecified atom stereocenters. The van der Waals surface area contributed by atoms with E-state index in [1.165, 1.54) is 41.3 Å². The van der Waals surface area contributed by atoms with E-state index < -0.39 is 62.9 Å². The van der Waals surface area contributed by atoms with Gasteiger partial charge in [-0.1, -0.05) is 30.3 Å². The maximum Gasteiger partial charge on any atom is 0.490 e. The number of hydrazine groups is 1. The summed E-state index contributed by atoms with van der Waals surface area (Å²) in [6.45, 7) is 3.12. The molecule has 1 saturated heterocycles. The number of amides is 1. The minimum Gasteiger partial charge on any atom is -0.494 e. The fourth-order valence-electron chi connectivity index (χ4n) is 5.73. The predicted octanol–water partition coefficient (Wildman–Crippen LogP) is 5.29. The van der Waals surface area contributed by atoms with Crippen LogP contribution in [0.15, 0.2) is 84.0 Å². The first-order valence-electron chi connectivity index (χ1n) is 15.3. The number of sulfone groups is 1. The molecule has 1 aliphatic heterocycles. The second-order valence-electron chi connectivity index (χ2n) is 11.8. The van der Waals surface area contributed by atoms with Crippen LogP contribution >= 0.6 is 0 Å². The van der Waals surface area contributed by atoms with Crippen LogP contribution in [0.1, 0.15) is 43.5 Å². The largest absolute Gasteiger partial charge is 0.494 e. The Kier molecular flexibility index (Phi) is 11.6. The van der Waals surface area contributed by atoms with Crippen LogP contribution in [0.3, 0.4) is 0 Å². The molecule has 1 aromatic heterocycles. The number of carboxylic acid groups (broad SMARTS) is 2. The van der Waals surface area contributed by atoms with Crippen LogP contribution in [0, 0.1) is 11.7 Å². The Balaban J connectivity index is 0.000000755. The molecule has 2 heterocycles. The summed E-state index contributed by atoms with van der Waals surface area (Å²) in [5.41, 5.74) is 0.974. The van der Waals surface area contributed by atoms with Crippen LogP contribution in [0.2, 0.25) is 0 Å². The van der Waals surface area contributed by atoms with Gasteiger partial charge in [0.2, 0.25) is 0 Å². The average Bonchev–Trinajstić information content (AvgIpc) is 3.54. The number of nitrogens with two attached hydrogens (primary N) is 1. The summed E-state index contributed by atoms with van der Waals surface area (Å²) in [6, 6.07) is 14.9. The maximum atomic E-state index is 14.7. The molecule has 0 spiro atoms. The van der Waals surface area contributed by atoms with Gasteiger partial charge in [0.15, 0.2) is 21.4 Å². The van der Waals surface area contributed by atoms with Crippen LogP contribution in [-0.4, -0.2) is 71.4 Å². The summed E-state index contributed by atoms with van der Waals surface area (Å²) in [4.78, 5) is 41.5. The number of hydrogen-bond donors (Lipinski definition) is 3. The SMILES string of the molecule is COc1cc([C@@H](C(=O)N2CCC(C(=O)O)C2c2ccccc2S(=O)(=O)C(C)C)N(N)c2ccc3cnccc3c2)ccc1F.O=C(O)C(F)(F)F. The highest BCUT2D eigenvalue weighted by Crippen LogP contribution is 2.43. The fraction of sp³-hybridized carbons (Fsp3) is 0.294. The average molecular weight is 735 g/mol. The summed E-state index contributed by atoms with van der Waals surface area (Å²) in [6.07, 6.45) is -1.67. The summed E-state index contributed by atoms with van der Waals surface area (Å²) >= 11 is 0. The number of anilines is 1. The molecule has 51 heavy (non-hydrogen) atoms. The molecule has 0 saturated carbocycles. The third-order valence-electron chi connectivity index (χ3n) is 8.33. The number of carbonyl (C=O) groups is 3. The van der Waals surface area contributed by atoms with Gasteiger partial charge >= 0.3 is 18.1 Å². The van der Waals surface area contributed by atoms with Crippen molar-refractivity contribution in [3.05, 3.63) is 96.1 Å². The zero-order chi connectivity index (χ0) is 37.8. The third kappa shape index (κ3) is 8.20. The summed E-state index contributed by atoms with van der Waals surface area (Å²) in [7, 11) is -2.54. The number of benzene rings is 3. The lowest BCUT2D eigenvalue weighted by molar-refractivity contribution is -0.192. The molecule has 1 aliphatic rings. The van der Waals surface area contributed by atoms with Gasteiger partial charge in [-0.25, -0.2) is 23.4 Å². The van der Waals surface area contributed by atoms with Crippen LogP contribution in [-0.2, 0) is 24.2 Å². The smallest absolute Gasteiger partial charge is 0.490 e. The number of alkyl halides is 3. The van der Waals surface area contributed by atoms with Crippen molar-refractivity contribution < 1.29 is 55.3 Å². The Labute approximate surface area is 289 Å². The van der Waals surface area contributed by atoms with Gasteiger partial charge < -0.3 is 19.8 Å². The number of aliphatic carboxylic acids is 2. The quantitative estimate of drug-likeness (QED) is 0.116. The number of halogens is 4. The van der Waals surface area contributed by atoms with Crippen molar-refractivity contribution >= 4 is 44.1 Å². The molecule has 17 heteroatoms. The molecule has 0 radical (unpaired) electrons. The first kappa shape index (κ1) is 38.5. The lowest BCUT2D eigenvalue weighted by Crippen LogP contribution is -2.47. The molecule has 4 N–H and O–H groups in total. The van der Waals surface area contributed by atoms with Gasteiger partial charge in [0.25, 0.3) is 5.91 Å². The van der Waals surface area contributed by atoms with Crippen molar-refractivity contribution in [1.29, 1.82) is 0 Å². The second kappa shape index (κ2) is 15.3. The molecule has 5 rings (SSSR count). The number of carboxylic acids is 2. The zero-order valence-electron chi connectivity index (χ0n) is 27.4. The number of aromatic nitrogens is 1. The van der Waals surface area contributed by atoms with E-state index in [2.05, 4.69) is 4.98 Å². The van der Waals surface area contributed by atoms with Crippen molar-refractivity contribution in [1.82, 2.24) is 9.88 Å². The number of rotatable bonds is 9. The van der Waals surface area contributed by atoms with Gasteiger partial charge in [0.1, 0.15) is 6.04 Å². The molecule has 12 nitrogen and oxygen atoms in total. The number of fused-ring (bicyclic) bond motifs is 1. The van der Waals surface area contributed by atoms with Crippen molar-refractivity contribution in [3.63, 3.8) is 0 Å². The Morgan fingerprint density at radius 1 is 1.02 bits per heavy atom. The highest BCUT2D eigenvalue weighted by molar-refractivity contribution is 7.92. The van der Waals surface area contributed by atoms with Gasteiger partial charge in [0.05, 0.1) is 34.9 Å². The fourth-order valence-corrected chi connectivity index (χ4v) is 7.02. The molecule has 0 bridgehead atoms. The molecular formula is C34H34F4N4O8S. The Bertz CT molecular complexity index is 2040. The second-order valence-corrected chi connectivity index (χ2v) is 14.2. The lowest BCUT2D eigenvalue weighted by Gasteiger charge is -2.36. The monoisotopic (exact) mass is 734 g/mol. The van der Waals surface area contributed by atoms with E-state index in [9.17, 15) is 40.7 Å². The third-order valence-corrected chi connectivity index (χ3v) is 10.6. The topological polar surface area (TPSA) is 180 Å². The summed E-state index contributed by atoms with van der Waals surface area (Å²) < 4.78 is 78.2. The van der Waals surface area contributed by atoms with E-state index in [1.807, 2.05) is 0 Å². The minimum absolute atomic E-state index is 0.0290. The molecule has 1 fully saturated rings. The molecule has 1 amide bonds. The highest BCUT2D eigenvalue weighted by Gasteiger charge is 2.47. The van der Waals surface area contributed by atoms with Gasteiger partial charge in [-0.05, 0) is 73.2 Å². The predicted molar refractivity (Wildman–Crippen MR) is 177 cm³/mol. The van der Waals surface area contributed by atoms with Gasteiger partial charge in [-0.3, -0.25) is 19.6 Å². The number of ether oxygens (including phenoxy) is 1. The van der Waals surface area contributed by atoms with Crippen LogP contribution in [0.4, 0.5) is 23.2 Å². The standard InChI is InChI=1S/C32H33FN4O6S.C2HF3O2/c1-19(2)44(41,42)28-7-5-4-6-24(28)30-25(32(39)40)13-15-36(30)31(38)29(21-9-11-26(33)27(17-21)43-3)37(34)23-10-8-22-18-35-14-12-20(22)16-23;3-2(4,5)1(6)7/h4-12,14,16-19,25,29-30H,13,15,34H2,1-3H3,(H,39,40);(H,6,7)/t25?,29-,30?;/m0./s1. The van der Waals surface area contributed by atoms with Crippen molar-refractivity contribution in [2.75, 3.05) is 18.7 Å². The Morgan fingerprint density at radius 3 is 2.29 bits per heavy atom. The number of hydrogen-bond acceptors (Lipinski definition) is 9. The van der Waals surface area contributed by atoms with Crippen molar-refractivity contribution in [2.45, 2.75) is 48.7 Å². The van der Waals surface area contributed by atoms with Crippen LogP contribution in [0.5, 0.6) is 5.75 Å².